The third-order valence-electron chi connectivity index (χ3n) is 15.2. The number of benzene rings is 2. The first-order valence-electron chi connectivity index (χ1n) is 27.4. The van der Waals surface area contributed by atoms with E-state index in [4.69, 9.17) is 19.2 Å². The van der Waals surface area contributed by atoms with Gasteiger partial charge in [-0.3, -0.25) is 38.1 Å². The third kappa shape index (κ3) is 14.4. The number of Topliss-reactive ketones (excluding diaryl/α,β-unsaturated/α-hetero) is 1. The Morgan fingerprint density at radius 1 is 0.871 bits per heavy atom. The summed E-state index contributed by atoms with van der Waals surface area (Å²) in [6.07, 6.45) is -11.4. The number of rotatable bonds is 23. The first-order valence-corrected chi connectivity index (χ1v) is 29.0. The van der Waals surface area contributed by atoms with Crippen molar-refractivity contribution in [3.63, 3.8) is 0 Å². The molecule has 2 aromatic heterocycles. The summed E-state index contributed by atoms with van der Waals surface area (Å²) < 4.78 is 51.9. The number of carboxylic acids is 1. The van der Waals surface area contributed by atoms with Gasteiger partial charge in [-0.2, -0.15) is 8.42 Å². The number of hydrogen-bond acceptors (Lipinski definition) is 19. The van der Waals surface area contributed by atoms with Crippen molar-refractivity contribution in [2.45, 2.75) is 154 Å². The molecule has 0 radical (unpaired) electrons. The highest BCUT2D eigenvalue weighted by Gasteiger charge is 2.49. The molecule has 2 aliphatic heterocycles. The van der Waals surface area contributed by atoms with Crippen molar-refractivity contribution in [3.05, 3.63) is 86.7 Å². The van der Waals surface area contributed by atoms with E-state index in [1.165, 1.54) is 50.9 Å². The number of aliphatic hydroxyl groups excluding tert-OH is 3. The zero-order chi connectivity index (χ0) is 62.6. The molecular weight excluding hydrogens is 1140 g/mol. The van der Waals surface area contributed by atoms with Crippen molar-refractivity contribution in [2.24, 2.45) is 5.92 Å². The lowest BCUT2D eigenvalue weighted by Gasteiger charge is -2.38. The molecule has 0 saturated carbocycles. The van der Waals surface area contributed by atoms with Gasteiger partial charge in [0.1, 0.15) is 60.1 Å². The minimum Gasteiger partial charge on any atom is -0.479 e. The zero-order valence-electron chi connectivity index (χ0n) is 47.6. The van der Waals surface area contributed by atoms with Crippen LogP contribution in [-0.4, -0.2) is 175 Å². The number of pyridine rings is 2. The Balaban J connectivity index is 1.09. The summed E-state index contributed by atoms with van der Waals surface area (Å²) in [7, 11) is -3.57. The van der Waals surface area contributed by atoms with E-state index in [1.807, 2.05) is 24.3 Å². The van der Waals surface area contributed by atoms with Gasteiger partial charge in [-0.25, -0.2) is 14.6 Å². The number of ketones is 1. The lowest BCUT2D eigenvalue weighted by atomic mass is 9.77. The molecule has 11 N–H and O–H groups in total. The van der Waals surface area contributed by atoms with E-state index < -0.39 is 137 Å². The van der Waals surface area contributed by atoms with E-state index in [1.54, 1.807) is 31.4 Å². The van der Waals surface area contributed by atoms with Crippen LogP contribution < -0.4 is 36.9 Å². The Hall–Kier alpha value is -7.93. The zero-order valence-corrected chi connectivity index (χ0v) is 48.4. The normalized spacial score (nSPS) is 20.9. The number of carbonyl (C=O) groups excluding carboxylic acids is 7. The molecule has 28 nitrogen and oxygen atoms in total. The van der Waals surface area contributed by atoms with Crippen LogP contribution in [0.1, 0.15) is 95.0 Å². The number of anilines is 1. The Morgan fingerprint density at radius 2 is 1.56 bits per heavy atom. The fourth-order valence-electron chi connectivity index (χ4n) is 10.3. The topological polar surface area (TPSA) is 418 Å². The number of ether oxygens (including phenoxy) is 3. The molecule has 9 atom stereocenters. The lowest BCUT2D eigenvalue weighted by Crippen LogP contribution is -2.61. The molecule has 1 fully saturated rings. The molecule has 1 saturated heterocycles. The van der Waals surface area contributed by atoms with Crippen LogP contribution in [-0.2, 0) is 84.7 Å². The van der Waals surface area contributed by atoms with Gasteiger partial charge in [0.25, 0.3) is 15.7 Å². The number of nitrogens with zero attached hydrogens (tertiary/aromatic N) is 3. The summed E-state index contributed by atoms with van der Waals surface area (Å²) in [6.45, 7) is 9.26. The first kappa shape index (κ1) is 64.6. The van der Waals surface area contributed by atoms with E-state index in [2.05, 4.69) is 26.6 Å². The molecule has 4 aromatic rings. The molecule has 6 amide bonds. The molecule has 1 aliphatic carbocycles. The summed E-state index contributed by atoms with van der Waals surface area (Å²) in [5.41, 5.74) is 1.60. The number of carbonyl (C=O) groups is 8. The second-order valence-corrected chi connectivity index (χ2v) is 23.1. The number of aliphatic hydroxyl groups is 4. The van der Waals surface area contributed by atoms with Crippen molar-refractivity contribution >= 4 is 74.1 Å². The van der Waals surface area contributed by atoms with Gasteiger partial charge in [-0.1, -0.05) is 45.0 Å². The minimum atomic E-state index is -4.90. The van der Waals surface area contributed by atoms with Crippen molar-refractivity contribution in [1.29, 1.82) is 0 Å². The summed E-state index contributed by atoms with van der Waals surface area (Å²) in [6, 6.07) is 7.67. The molecule has 0 unspecified atom stereocenters. The van der Waals surface area contributed by atoms with Gasteiger partial charge in [-0.05, 0) is 81.3 Å². The molecule has 0 bridgehead atoms. The number of aromatic nitrogens is 2. The van der Waals surface area contributed by atoms with Crippen molar-refractivity contribution in [3.8, 4) is 17.1 Å². The van der Waals surface area contributed by atoms with Gasteiger partial charge < -0.3 is 75.8 Å². The molecule has 2 aromatic carbocycles. The van der Waals surface area contributed by atoms with E-state index >= 15 is 0 Å². The van der Waals surface area contributed by atoms with Crippen LogP contribution in [0, 0.1) is 5.92 Å². The number of fused-ring (bicyclic) bond motifs is 5. The average Bonchev–Trinajstić information content (AvgIpc) is 1.71. The second-order valence-electron chi connectivity index (χ2n) is 21.7. The maximum atomic E-state index is 14.1. The number of carboxylic acid groups (broad SMARTS) is 1. The standard InChI is InChI=1S/C56H70N8O20S/c1-8-56(78)34-22-38-44-33(23-64(38)52(74)32(34)14-16-40(56)65)30(31-11-9-10-12-35(31)60-44)19-20-63(27(4)5)55(77)82-24-29-13-15-36(39(21-29)83-54-47(70)45(68)46(69)48(84-54)53(75)76)61-49(71)28(6)58-51(73)43(26(2)3)62-50(72)37(25-85(79,80)81)59-42(67)18-17-41(66)57-7/h9-13,15,21-22,26-28,37,43,45-48,54,68-70,78H,8,14,16-20,23-25H2,1-7H3,(H,57,66)(H,58,73)(H,59,67)(H,61,71)(H,62,72)(H,75,76)(H,79,80,81)/t28-,37-,43-,45-,46-,47+,48-,54+,56-/m0/s1. The smallest absolute Gasteiger partial charge is 0.410 e. The van der Waals surface area contributed by atoms with Crippen LogP contribution in [0.3, 0.4) is 0 Å². The summed E-state index contributed by atoms with van der Waals surface area (Å²) in [5.74, 6) is -9.07. The molecule has 85 heavy (non-hydrogen) atoms. The van der Waals surface area contributed by atoms with E-state index in [0.717, 1.165) is 16.5 Å². The number of amides is 6. The Morgan fingerprint density at radius 3 is 2.21 bits per heavy atom. The number of nitrogens with one attached hydrogen (secondary N) is 5. The molecule has 29 heteroatoms. The van der Waals surface area contributed by atoms with Gasteiger partial charge in [-0.15, -0.1) is 0 Å². The molecule has 7 rings (SSSR count). The van der Waals surface area contributed by atoms with Crippen LogP contribution in [0.2, 0.25) is 0 Å². The molecule has 0 spiro atoms. The van der Waals surface area contributed by atoms with Gasteiger partial charge in [0.15, 0.2) is 11.9 Å². The Bertz CT molecular complexity index is 3460. The minimum absolute atomic E-state index is 0.0272. The van der Waals surface area contributed by atoms with Gasteiger partial charge in [0.05, 0.1) is 29.1 Å². The van der Waals surface area contributed by atoms with Gasteiger partial charge in [0, 0.05) is 61.0 Å². The maximum absolute atomic E-state index is 14.1. The SMILES string of the molecule is CC[C@@]1(O)C(=O)CCc2c1cc1n(c2=O)Cc2c-1nc1ccccc1c2CCN(C(=O)OCc1ccc(NC(=O)[C@H](C)NC(=O)[C@@H](NC(=O)[C@H](CS(=O)(=O)O)NC(=O)CCC(=O)NC)C(C)C)c(O[C@@H]2O[C@H](C(=O)O)[C@@H](O)[C@H](O)[C@H]2O)c1)C(C)C. The van der Waals surface area contributed by atoms with Crippen molar-refractivity contribution in [2.75, 3.05) is 24.7 Å². The van der Waals surface area contributed by atoms with E-state index in [9.17, 15) is 81.7 Å². The first-order chi connectivity index (χ1) is 40.0. The highest BCUT2D eigenvalue weighted by atomic mass is 32.2. The van der Waals surface area contributed by atoms with Crippen molar-refractivity contribution < 1.29 is 91.1 Å². The summed E-state index contributed by atoms with van der Waals surface area (Å²) in [5, 5.41) is 65.6. The quantitative estimate of drug-likeness (QED) is 0.0380. The fraction of sp³-hybridized carbons (Fsp3) is 0.500. The maximum Gasteiger partial charge on any atom is 0.410 e. The lowest BCUT2D eigenvalue weighted by molar-refractivity contribution is -0.271. The second kappa shape index (κ2) is 26.5. The van der Waals surface area contributed by atoms with Crippen LogP contribution in [0.5, 0.6) is 5.75 Å². The molecule has 3 aliphatic rings. The number of hydrogen-bond donors (Lipinski definition) is 11. The summed E-state index contributed by atoms with van der Waals surface area (Å²) in [4.78, 5) is 125. The Kier molecular flexibility index (Phi) is 20.2. The fourth-order valence-corrected chi connectivity index (χ4v) is 11.0. The van der Waals surface area contributed by atoms with Crippen LogP contribution in [0.25, 0.3) is 22.3 Å². The van der Waals surface area contributed by atoms with E-state index in [0.29, 0.717) is 22.5 Å². The number of aliphatic carboxylic acids is 1. The number of para-hydroxylation sites is 1. The van der Waals surface area contributed by atoms with Crippen LogP contribution in [0.15, 0.2) is 53.3 Å². The molecule has 4 heterocycles. The van der Waals surface area contributed by atoms with Crippen LogP contribution >= 0.6 is 0 Å². The third-order valence-corrected chi connectivity index (χ3v) is 15.9. The molecule has 460 valence electrons. The highest BCUT2D eigenvalue weighted by molar-refractivity contribution is 7.85. The highest BCUT2D eigenvalue weighted by Crippen LogP contribution is 2.41. The average molecular weight is 1210 g/mol. The van der Waals surface area contributed by atoms with Gasteiger partial charge >= 0.3 is 12.1 Å². The largest absolute Gasteiger partial charge is 0.479 e. The Labute approximate surface area is 487 Å². The molecular formula is C56H70N8O20S. The predicted octanol–water partition coefficient (Wildman–Crippen LogP) is -0.118. The van der Waals surface area contributed by atoms with Crippen molar-refractivity contribution in [1.82, 2.24) is 35.7 Å². The predicted molar refractivity (Wildman–Crippen MR) is 300 cm³/mol. The summed E-state index contributed by atoms with van der Waals surface area (Å²) >= 11 is 0. The van der Waals surface area contributed by atoms with E-state index in [-0.39, 0.29) is 79.1 Å². The van der Waals surface area contributed by atoms with Crippen LogP contribution in [0.4, 0.5) is 10.5 Å². The monoisotopic (exact) mass is 1210 g/mol. The van der Waals surface area contributed by atoms with Gasteiger partial charge in [0.2, 0.25) is 35.8 Å².